The van der Waals surface area contributed by atoms with Crippen molar-refractivity contribution in [2.45, 2.75) is 57.4 Å². The number of fused-ring (bicyclic) bond motifs is 1. The third kappa shape index (κ3) is 3.90. The van der Waals surface area contributed by atoms with Gasteiger partial charge in [-0.25, -0.2) is 4.79 Å². The number of ether oxygens (including phenoxy) is 1. The zero-order valence-corrected chi connectivity index (χ0v) is 15.6. The summed E-state index contributed by atoms with van der Waals surface area (Å²) in [5.74, 6) is 0.455. The van der Waals surface area contributed by atoms with Crippen LogP contribution in [0.5, 0.6) is 0 Å². The molecule has 1 N–H and O–H groups in total. The average Bonchev–Trinajstić information content (AvgIpc) is 3.50. The molecule has 0 unspecified atom stereocenters. The maximum atomic E-state index is 12.6. The molecule has 3 aliphatic carbocycles. The van der Waals surface area contributed by atoms with Gasteiger partial charge in [0.2, 0.25) is 5.91 Å². The van der Waals surface area contributed by atoms with Crippen molar-refractivity contribution in [2.75, 3.05) is 25.5 Å². The Morgan fingerprint density at radius 2 is 1.96 bits per heavy atom. The molecule has 2 saturated carbocycles. The van der Waals surface area contributed by atoms with E-state index in [0.717, 1.165) is 43.7 Å². The predicted molar refractivity (Wildman–Crippen MR) is 98.2 cm³/mol. The SMILES string of the molecule is COC(=O)c1c(NC(=O)CN(CC2CC2)C2CC2)sc2c1CCCC2. The van der Waals surface area contributed by atoms with E-state index >= 15 is 0 Å². The van der Waals surface area contributed by atoms with Crippen LogP contribution in [0.15, 0.2) is 0 Å². The second-order valence-corrected chi connectivity index (χ2v) is 8.66. The van der Waals surface area contributed by atoms with Crippen molar-refractivity contribution in [3.05, 3.63) is 16.0 Å². The Morgan fingerprint density at radius 1 is 1.20 bits per heavy atom. The minimum Gasteiger partial charge on any atom is -0.465 e. The van der Waals surface area contributed by atoms with Gasteiger partial charge in [0.05, 0.1) is 19.2 Å². The van der Waals surface area contributed by atoms with E-state index in [1.54, 1.807) is 11.3 Å². The molecule has 136 valence electrons. The van der Waals surface area contributed by atoms with Crippen molar-refractivity contribution >= 4 is 28.2 Å². The fourth-order valence-electron chi connectivity index (χ4n) is 3.74. The number of carbonyl (C=O) groups is 2. The van der Waals surface area contributed by atoms with Crippen molar-refractivity contribution in [1.29, 1.82) is 0 Å². The zero-order chi connectivity index (χ0) is 17.4. The summed E-state index contributed by atoms with van der Waals surface area (Å²) in [5.41, 5.74) is 1.69. The van der Waals surface area contributed by atoms with Gasteiger partial charge in [-0.3, -0.25) is 9.69 Å². The summed E-state index contributed by atoms with van der Waals surface area (Å²) in [6.07, 6.45) is 9.17. The first kappa shape index (κ1) is 17.0. The summed E-state index contributed by atoms with van der Waals surface area (Å²) in [4.78, 5) is 28.5. The van der Waals surface area contributed by atoms with E-state index in [0.29, 0.717) is 23.2 Å². The maximum Gasteiger partial charge on any atom is 0.341 e. The van der Waals surface area contributed by atoms with Gasteiger partial charge >= 0.3 is 5.97 Å². The van der Waals surface area contributed by atoms with Gasteiger partial charge in [0.25, 0.3) is 0 Å². The fourth-order valence-corrected chi connectivity index (χ4v) is 5.03. The zero-order valence-electron chi connectivity index (χ0n) is 14.8. The van der Waals surface area contributed by atoms with Crippen LogP contribution in [-0.2, 0) is 22.4 Å². The van der Waals surface area contributed by atoms with Crippen LogP contribution in [0, 0.1) is 5.92 Å². The van der Waals surface area contributed by atoms with E-state index < -0.39 is 0 Å². The number of anilines is 1. The average molecular weight is 362 g/mol. The van der Waals surface area contributed by atoms with Gasteiger partial charge in [-0.2, -0.15) is 0 Å². The molecule has 25 heavy (non-hydrogen) atoms. The molecule has 0 bridgehead atoms. The molecule has 0 saturated heterocycles. The highest BCUT2D eigenvalue weighted by molar-refractivity contribution is 7.17. The minimum atomic E-state index is -0.327. The standard InChI is InChI=1S/C19H26N2O3S/c1-24-19(23)17-14-4-2-3-5-15(14)25-18(17)20-16(22)11-21(13-8-9-13)10-12-6-7-12/h12-13H,2-11H2,1H3,(H,20,22). The quantitative estimate of drug-likeness (QED) is 0.757. The molecule has 4 rings (SSSR count). The van der Waals surface area contributed by atoms with Crippen LogP contribution in [0.25, 0.3) is 0 Å². The summed E-state index contributed by atoms with van der Waals surface area (Å²) in [5, 5.41) is 3.71. The molecule has 1 aromatic heterocycles. The molecule has 1 heterocycles. The highest BCUT2D eigenvalue weighted by Gasteiger charge is 2.35. The highest BCUT2D eigenvalue weighted by Crippen LogP contribution is 2.39. The lowest BCUT2D eigenvalue weighted by Crippen LogP contribution is -2.36. The fraction of sp³-hybridized carbons (Fsp3) is 0.684. The van der Waals surface area contributed by atoms with Crippen molar-refractivity contribution < 1.29 is 14.3 Å². The van der Waals surface area contributed by atoms with Crippen LogP contribution in [-0.4, -0.2) is 43.0 Å². The number of rotatable bonds is 7. The first-order chi connectivity index (χ1) is 12.2. The first-order valence-electron chi connectivity index (χ1n) is 9.42. The Bertz CT molecular complexity index is 676. The lowest BCUT2D eigenvalue weighted by Gasteiger charge is -2.21. The van der Waals surface area contributed by atoms with Gasteiger partial charge in [-0.05, 0) is 62.8 Å². The monoisotopic (exact) mass is 362 g/mol. The molecule has 2 fully saturated rings. The smallest absolute Gasteiger partial charge is 0.341 e. The first-order valence-corrected chi connectivity index (χ1v) is 10.2. The van der Waals surface area contributed by atoms with Gasteiger partial charge in [-0.15, -0.1) is 11.3 Å². The Balaban J connectivity index is 1.48. The van der Waals surface area contributed by atoms with E-state index in [1.807, 2.05) is 0 Å². The third-order valence-corrected chi connectivity index (χ3v) is 6.62. The van der Waals surface area contributed by atoms with Crippen molar-refractivity contribution in [3.8, 4) is 0 Å². The largest absolute Gasteiger partial charge is 0.465 e. The van der Waals surface area contributed by atoms with Gasteiger partial charge in [0.15, 0.2) is 0 Å². The highest BCUT2D eigenvalue weighted by atomic mass is 32.1. The molecule has 0 aliphatic heterocycles. The summed E-state index contributed by atoms with van der Waals surface area (Å²) in [6.45, 7) is 1.48. The van der Waals surface area contributed by atoms with E-state index in [1.165, 1.54) is 37.7 Å². The van der Waals surface area contributed by atoms with E-state index in [-0.39, 0.29) is 11.9 Å². The lowest BCUT2D eigenvalue weighted by molar-refractivity contribution is -0.117. The molecular formula is C19H26N2O3S. The number of methoxy groups -OCH3 is 1. The second-order valence-electron chi connectivity index (χ2n) is 7.56. The molecule has 0 aromatic carbocycles. The van der Waals surface area contributed by atoms with Crippen molar-refractivity contribution in [2.24, 2.45) is 5.92 Å². The molecule has 3 aliphatic rings. The molecule has 5 nitrogen and oxygen atoms in total. The molecule has 0 atom stereocenters. The van der Waals surface area contributed by atoms with Gasteiger partial charge in [-0.1, -0.05) is 0 Å². The maximum absolute atomic E-state index is 12.6. The van der Waals surface area contributed by atoms with Crippen LogP contribution in [0.1, 0.15) is 59.3 Å². The molecule has 0 radical (unpaired) electrons. The third-order valence-electron chi connectivity index (χ3n) is 5.41. The Hall–Kier alpha value is -1.40. The summed E-state index contributed by atoms with van der Waals surface area (Å²) in [7, 11) is 1.41. The molecule has 1 amide bonds. The number of esters is 1. The van der Waals surface area contributed by atoms with E-state index in [4.69, 9.17) is 4.74 Å². The molecular weight excluding hydrogens is 336 g/mol. The summed E-state index contributed by atoms with van der Waals surface area (Å²) < 4.78 is 4.98. The Kier molecular flexibility index (Phi) is 4.82. The number of nitrogens with zero attached hydrogens (tertiary/aromatic N) is 1. The van der Waals surface area contributed by atoms with Crippen LogP contribution < -0.4 is 5.32 Å². The number of amides is 1. The van der Waals surface area contributed by atoms with Crippen LogP contribution in [0.2, 0.25) is 0 Å². The van der Waals surface area contributed by atoms with Crippen LogP contribution in [0.3, 0.4) is 0 Å². The number of hydrogen-bond acceptors (Lipinski definition) is 5. The summed E-state index contributed by atoms with van der Waals surface area (Å²) >= 11 is 1.56. The molecule has 0 spiro atoms. The van der Waals surface area contributed by atoms with Gasteiger partial charge < -0.3 is 10.1 Å². The number of hydrogen-bond donors (Lipinski definition) is 1. The van der Waals surface area contributed by atoms with Crippen molar-refractivity contribution in [1.82, 2.24) is 4.90 Å². The number of aryl methyl sites for hydroxylation is 1. The Labute approximate surface area is 152 Å². The van der Waals surface area contributed by atoms with E-state index in [9.17, 15) is 9.59 Å². The van der Waals surface area contributed by atoms with Gasteiger partial charge in [0, 0.05) is 17.5 Å². The van der Waals surface area contributed by atoms with E-state index in [2.05, 4.69) is 10.2 Å². The Morgan fingerprint density at radius 3 is 2.64 bits per heavy atom. The van der Waals surface area contributed by atoms with Gasteiger partial charge in [0.1, 0.15) is 5.00 Å². The molecule has 1 aromatic rings. The normalized spacial score (nSPS) is 19.6. The van der Waals surface area contributed by atoms with Crippen molar-refractivity contribution in [3.63, 3.8) is 0 Å². The van der Waals surface area contributed by atoms with Crippen LogP contribution >= 0.6 is 11.3 Å². The summed E-state index contributed by atoms with van der Waals surface area (Å²) in [6, 6.07) is 0.586. The number of nitrogens with one attached hydrogen (secondary N) is 1. The number of carbonyl (C=O) groups excluding carboxylic acids is 2. The van der Waals surface area contributed by atoms with Crippen LogP contribution in [0.4, 0.5) is 5.00 Å². The predicted octanol–water partition coefficient (Wildman–Crippen LogP) is 3.23. The number of thiophene rings is 1. The topological polar surface area (TPSA) is 58.6 Å². The lowest BCUT2D eigenvalue weighted by atomic mass is 9.95. The minimum absolute atomic E-state index is 0.00343. The molecule has 6 heteroatoms. The second kappa shape index (κ2) is 7.08.